The minimum Gasteiger partial charge on any atom is -0.366 e. The van der Waals surface area contributed by atoms with E-state index in [1.807, 2.05) is 49.1 Å². The summed E-state index contributed by atoms with van der Waals surface area (Å²) in [4.78, 5) is 19.4. The van der Waals surface area contributed by atoms with Crippen molar-refractivity contribution in [1.82, 2.24) is 9.88 Å². The van der Waals surface area contributed by atoms with Gasteiger partial charge in [-0.15, -0.1) is 0 Å². The molecule has 1 aliphatic heterocycles. The van der Waals surface area contributed by atoms with E-state index in [1.54, 1.807) is 0 Å². The quantitative estimate of drug-likeness (QED) is 0.846. The number of hydrogen-bond acceptors (Lipinski definition) is 3. The lowest BCUT2D eigenvalue weighted by molar-refractivity contribution is -0.147. The summed E-state index contributed by atoms with van der Waals surface area (Å²) in [6.07, 6.45) is 3.01. The smallest absolute Gasteiger partial charge is 0.227 e. The largest absolute Gasteiger partial charge is 0.366 e. The van der Waals surface area contributed by atoms with Gasteiger partial charge >= 0.3 is 0 Å². The summed E-state index contributed by atoms with van der Waals surface area (Å²) in [6, 6.07) is 14.3. The molecule has 0 N–H and O–H groups in total. The molecule has 1 saturated heterocycles. The van der Waals surface area contributed by atoms with Crippen LogP contribution in [-0.2, 0) is 16.0 Å². The van der Waals surface area contributed by atoms with Gasteiger partial charge in [0.2, 0.25) is 5.91 Å². The topological polar surface area (TPSA) is 42.4 Å². The zero-order valence-electron chi connectivity index (χ0n) is 15.5. The first-order valence-electron chi connectivity index (χ1n) is 9.51. The summed E-state index contributed by atoms with van der Waals surface area (Å²) in [7, 11) is 0. The predicted octanol–water partition coefficient (Wildman–Crippen LogP) is 3.62. The first kappa shape index (κ1) is 17.2. The average Bonchev–Trinajstić information content (AvgIpc) is 3.46. The second kappa shape index (κ2) is 7.20. The lowest BCUT2D eigenvalue weighted by Gasteiger charge is -2.38. The Morgan fingerprint density at radius 2 is 1.81 bits per heavy atom. The minimum atomic E-state index is -0.0274. The van der Waals surface area contributed by atoms with Crippen LogP contribution >= 0.6 is 0 Å². The highest BCUT2D eigenvalue weighted by Gasteiger charge is 2.40. The van der Waals surface area contributed by atoms with Crippen molar-refractivity contribution in [1.29, 1.82) is 0 Å². The van der Waals surface area contributed by atoms with Gasteiger partial charge in [-0.3, -0.25) is 9.78 Å². The number of amides is 1. The Morgan fingerprint density at radius 1 is 1.12 bits per heavy atom. The second-order valence-electron chi connectivity index (χ2n) is 7.64. The molecule has 2 heterocycles. The molecule has 2 aromatic rings. The fourth-order valence-corrected chi connectivity index (χ4v) is 3.88. The Hall–Kier alpha value is -2.20. The van der Waals surface area contributed by atoms with Crippen molar-refractivity contribution in [3.8, 4) is 0 Å². The van der Waals surface area contributed by atoms with Crippen molar-refractivity contribution >= 4 is 5.91 Å². The van der Waals surface area contributed by atoms with E-state index in [0.717, 1.165) is 29.1 Å². The minimum absolute atomic E-state index is 0.0274. The Kier molecular flexibility index (Phi) is 4.77. The van der Waals surface area contributed by atoms with Gasteiger partial charge in [-0.1, -0.05) is 30.3 Å². The zero-order chi connectivity index (χ0) is 18.1. The maximum Gasteiger partial charge on any atom is 0.227 e. The number of morpholine rings is 1. The summed E-state index contributed by atoms with van der Waals surface area (Å²) in [5.74, 6) is 0.798. The Morgan fingerprint density at radius 3 is 2.46 bits per heavy atom. The van der Waals surface area contributed by atoms with Crippen LogP contribution in [0.2, 0.25) is 0 Å². The van der Waals surface area contributed by atoms with Crippen LogP contribution < -0.4 is 0 Å². The predicted molar refractivity (Wildman–Crippen MR) is 101 cm³/mol. The van der Waals surface area contributed by atoms with Crippen molar-refractivity contribution in [2.45, 2.75) is 45.3 Å². The van der Waals surface area contributed by atoms with E-state index in [4.69, 9.17) is 4.74 Å². The van der Waals surface area contributed by atoms with E-state index in [1.165, 1.54) is 12.8 Å². The van der Waals surface area contributed by atoms with Crippen LogP contribution in [0.5, 0.6) is 0 Å². The van der Waals surface area contributed by atoms with Gasteiger partial charge in [0, 0.05) is 17.9 Å². The fraction of sp³-hybridized carbons (Fsp3) is 0.455. The number of aromatic nitrogens is 1. The third-order valence-electron chi connectivity index (χ3n) is 5.29. The molecule has 0 bridgehead atoms. The number of benzene rings is 1. The molecule has 2 fully saturated rings. The van der Waals surface area contributed by atoms with Gasteiger partial charge < -0.3 is 9.64 Å². The molecule has 1 aromatic carbocycles. The first-order valence-corrected chi connectivity index (χ1v) is 9.51. The second-order valence-corrected chi connectivity index (χ2v) is 7.64. The Labute approximate surface area is 155 Å². The third kappa shape index (κ3) is 3.96. The van der Waals surface area contributed by atoms with Crippen LogP contribution in [0, 0.1) is 19.8 Å². The highest BCUT2D eigenvalue weighted by atomic mass is 16.5. The Bertz CT molecular complexity index is 766. The lowest BCUT2D eigenvalue weighted by atomic mass is 10.0. The van der Waals surface area contributed by atoms with E-state index in [9.17, 15) is 4.79 Å². The molecule has 2 aliphatic rings. The number of carbonyl (C=O) groups is 1. The van der Waals surface area contributed by atoms with E-state index in [0.29, 0.717) is 18.9 Å². The molecular weight excluding hydrogens is 324 g/mol. The molecule has 4 nitrogen and oxygen atoms in total. The summed E-state index contributed by atoms with van der Waals surface area (Å²) in [6.45, 7) is 5.31. The molecule has 0 unspecified atom stereocenters. The van der Waals surface area contributed by atoms with Gasteiger partial charge in [-0.25, -0.2) is 0 Å². The number of hydrogen-bond donors (Lipinski definition) is 0. The number of carbonyl (C=O) groups excluding carboxylic acids is 1. The summed E-state index contributed by atoms with van der Waals surface area (Å²) >= 11 is 0. The molecule has 1 aromatic heterocycles. The van der Waals surface area contributed by atoms with Crippen LogP contribution in [0.4, 0.5) is 0 Å². The molecular formula is C22H26N2O2. The van der Waals surface area contributed by atoms with E-state index in [-0.39, 0.29) is 18.1 Å². The molecule has 4 rings (SSSR count). The molecule has 4 heteroatoms. The van der Waals surface area contributed by atoms with Crippen LogP contribution in [0.15, 0.2) is 42.5 Å². The fourth-order valence-electron chi connectivity index (χ4n) is 3.88. The molecule has 0 radical (unpaired) electrons. The lowest BCUT2D eigenvalue weighted by Crippen LogP contribution is -2.48. The van der Waals surface area contributed by atoms with Gasteiger partial charge in [0.15, 0.2) is 0 Å². The van der Waals surface area contributed by atoms with E-state index >= 15 is 0 Å². The van der Waals surface area contributed by atoms with Gasteiger partial charge in [0.05, 0.1) is 19.1 Å². The van der Waals surface area contributed by atoms with Crippen LogP contribution in [0.1, 0.15) is 41.5 Å². The van der Waals surface area contributed by atoms with Crippen molar-refractivity contribution < 1.29 is 9.53 Å². The summed E-state index contributed by atoms with van der Waals surface area (Å²) in [5, 5.41) is 0. The maximum atomic E-state index is 13.0. The molecule has 1 aliphatic carbocycles. The SMILES string of the molecule is Cc1cc(CC(=O)N2C[C@@H](c3ccccc3)O[C@@H](C3CC3)C2)cc(C)n1. The van der Waals surface area contributed by atoms with Gasteiger partial charge in [0.25, 0.3) is 0 Å². The van der Waals surface area contributed by atoms with Crippen LogP contribution in [-0.4, -0.2) is 35.0 Å². The van der Waals surface area contributed by atoms with Gasteiger partial charge in [-0.05, 0) is 55.9 Å². The molecule has 0 spiro atoms. The van der Waals surface area contributed by atoms with Crippen LogP contribution in [0.3, 0.4) is 0 Å². The number of rotatable bonds is 4. The van der Waals surface area contributed by atoms with E-state index < -0.39 is 0 Å². The maximum absolute atomic E-state index is 13.0. The standard InChI is InChI=1S/C22H26N2O2/c1-15-10-17(11-16(2)23-15)12-22(25)24-13-20(18-6-4-3-5-7-18)26-21(14-24)19-8-9-19/h3-7,10-11,19-21H,8-9,12-14H2,1-2H3/t20-,21+/m0/s1. The monoisotopic (exact) mass is 350 g/mol. The highest BCUT2D eigenvalue weighted by molar-refractivity contribution is 5.79. The first-order chi connectivity index (χ1) is 12.6. The van der Waals surface area contributed by atoms with Crippen molar-refractivity contribution in [3.05, 3.63) is 65.0 Å². The van der Waals surface area contributed by atoms with Crippen molar-refractivity contribution in [2.75, 3.05) is 13.1 Å². The number of ether oxygens (including phenoxy) is 1. The highest BCUT2D eigenvalue weighted by Crippen LogP contribution is 2.39. The molecule has 26 heavy (non-hydrogen) atoms. The zero-order valence-corrected chi connectivity index (χ0v) is 15.5. The molecule has 2 atom stereocenters. The summed E-state index contributed by atoms with van der Waals surface area (Å²) < 4.78 is 6.36. The summed E-state index contributed by atoms with van der Waals surface area (Å²) in [5.41, 5.74) is 4.14. The van der Waals surface area contributed by atoms with E-state index in [2.05, 4.69) is 17.1 Å². The number of pyridine rings is 1. The normalized spacial score (nSPS) is 23.1. The molecule has 1 saturated carbocycles. The third-order valence-corrected chi connectivity index (χ3v) is 5.29. The molecule has 136 valence electrons. The van der Waals surface area contributed by atoms with Gasteiger partial charge in [0.1, 0.15) is 6.10 Å². The molecule has 1 amide bonds. The van der Waals surface area contributed by atoms with Crippen molar-refractivity contribution in [3.63, 3.8) is 0 Å². The van der Waals surface area contributed by atoms with Crippen molar-refractivity contribution in [2.24, 2.45) is 5.92 Å². The van der Waals surface area contributed by atoms with Gasteiger partial charge in [-0.2, -0.15) is 0 Å². The van der Waals surface area contributed by atoms with Crippen LogP contribution in [0.25, 0.3) is 0 Å². The number of nitrogens with zero attached hydrogens (tertiary/aromatic N) is 2. The average molecular weight is 350 g/mol. The number of aryl methyl sites for hydroxylation is 2. The Balaban J connectivity index is 1.51.